The lowest BCUT2D eigenvalue weighted by molar-refractivity contribution is -0.131. The monoisotopic (exact) mass is 222 g/mol. The Balaban J connectivity index is 1.54. The fraction of sp³-hybridized carbons (Fsp3) is 0.923. The molecule has 0 aromatic carbocycles. The van der Waals surface area contributed by atoms with Crippen LogP contribution in [0.3, 0.4) is 0 Å². The molecule has 0 aromatic rings. The molecule has 3 rings (SSSR count). The Labute approximate surface area is 97.6 Å². The second kappa shape index (κ2) is 4.36. The maximum absolute atomic E-state index is 12.1. The second-order valence-electron chi connectivity index (χ2n) is 5.64. The Kier molecular flexibility index (Phi) is 2.88. The zero-order valence-corrected chi connectivity index (χ0v) is 9.95. The molecule has 2 saturated carbocycles. The molecule has 16 heavy (non-hydrogen) atoms. The van der Waals surface area contributed by atoms with Gasteiger partial charge in [0.1, 0.15) is 0 Å². The zero-order valence-electron chi connectivity index (χ0n) is 9.95. The van der Waals surface area contributed by atoms with E-state index in [-0.39, 0.29) is 0 Å². The molecule has 1 aliphatic heterocycles. The Morgan fingerprint density at radius 1 is 1.12 bits per heavy atom. The van der Waals surface area contributed by atoms with Gasteiger partial charge < -0.3 is 10.2 Å². The van der Waals surface area contributed by atoms with E-state index < -0.39 is 0 Å². The minimum atomic E-state index is 0.348. The lowest BCUT2D eigenvalue weighted by Gasteiger charge is -2.31. The molecule has 2 unspecified atom stereocenters. The molecule has 0 bridgehead atoms. The van der Waals surface area contributed by atoms with E-state index in [1.807, 2.05) is 0 Å². The van der Waals surface area contributed by atoms with Crippen molar-refractivity contribution in [2.45, 2.75) is 57.0 Å². The van der Waals surface area contributed by atoms with Crippen LogP contribution in [0.4, 0.5) is 0 Å². The highest BCUT2D eigenvalue weighted by Gasteiger charge is 2.38. The molecule has 1 saturated heterocycles. The molecule has 3 fully saturated rings. The third-order valence-corrected chi connectivity index (χ3v) is 4.45. The van der Waals surface area contributed by atoms with Crippen LogP contribution < -0.4 is 5.32 Å². The summed E-state index contributed by atoms with van der Waals surface area (Å²) in [6.07, 6.45) is 9.08. The molecule has 3 heteroatoms. The summed E-state index contributed by atoms with van der Waals surface area (Å²) in [6.45, 7) is 1.59. The number of hydrogen-bond donors (Lipinski definition) is 1. The van der Waals surface area contributed by atoms with Gasteiger partial charge in [0, 0.05) is 18.6 Å². The first-order valence-corrected chi connectivity index (χ1v) is 6.87. The number of nitrogens with one attached hydrogen (secondary N) is 1. The van der Waals surface area contributed by atoms with Gasteiger partial charge in [-0.3, -0.25) is 4.79 Å². The molecular formula is C13H22N2O. The lowest BCUT2D eigenvalue weighted by Crippen LogP contribution is -2.43. The first kappa shape index (κ1) is 10.6. The maximum Gasteiger partial charge on any atom is 0.236 e. The summed E-state index contributed by atoms with van der Waals surface area (Å²) in [5.41, 5.74) is 0. The van der Waals surface area contributed by atoms with E-state index in [4.69, 9.17) is 0 Å². The van der Waals surface area contributed by atoms with Crippen molar-refractivity contribution in [3.8, 4) is 0 Å². The molecule has 0 spiro atoms. The van der Waals surface area contributed by atoms with Crippen LogP contribution in [0.1, 0.15) is 44.9 Å². The maximum atomic E-state index is 12.1. The highest BCUT2D eigenvalue weighted by atomic mass is 16.2. The van der Waals surface area contributed by atoms with Crippen molar-refractivity contribution in [1.82, 2.24) is 10.2 Å². The molecule has 1 amide bonds. The number of carbonyl (C=O) groups excluding carboxylic acids is 1. The number of hydrogen-bond acceptors (Lipinski definition) is 2. The van der Waals surface area contributed by atoms with E-state index in [1.54, 1.807) is 0 Å². The first-order chi connectivity index (χ1) is 7.84. The fourth-order valence-electron chi connectivity index (χ4n) is 3.34. The van der Waals surface area contributed by atoms with Crippen molar-refractivity contribution in [2.75, 3.05) is 13.1 Å². The van der Waals surface area contributed by atoms with Crippen LogP contribution in [0.25, 0.3) is 0 Å². The van der Waals surface area contributed by atoms with Gasteiger partial charge in [-0.05, 0) is 38.0 Å². The van der Waals surface area contributed by atoms with Gasteiger partial charge in [-0.15, -0.1) is 0 Å². The van der Waals surface area contributed by atoms with Gasteiger partial charge in [0.25, 0.3) is 0 Å². The Morgan fingerprint density at radius 3 is 2.75 bits per heavy atom. The van der Waals surface area contributed by atoms with Crippen LogP contribution in [0.15, 0.2) is 0 Å². The average molecular weight is 222 g/mol. The Bertz CT molecular complexity index is 275. The minimum absolute atomic E-state index is 0.348. The first-order valence-electron chi connectivity index (χ1n) is 6.87. The van der Waals surface area contributed by atoms with Crippen molar-refractivity contribution in [2.24, 2.45) is 5.92 Å². The van der Waals surface area contributed by atoms with E-state index in [0.717, 1.165) is 12.5 Å². The van der Waals surface area contributed by atoms with Crippen molar-refractivity contribution in [3.05, 3.63) is 0 Å². The van der Waals surface area contributed by atoms with Gasteiger partial charge >= 0.3 is 0 Å². The average Bonchev–Trinajstić information content (AvgIpc) is 3.04. The van der Waals surface area contributed by atoms with E-state index in [2.05, 4.69) is 10.2 Å². The second-order valence-corrected chi connectivity index (χ2v) is 5.64. The molecule has 3 nitrogen and oxygen atoms in total. The van der Waals surface area contributed by atoms with Gasteiger partial charge in [0.2, 0.25) is 5.91 Å². The van der Waals surface area contributed by atoms with Gasteiger partial charge in [-0.1, -0.05) is 12.8 Å². The largest absolute Gasteiger partial charge is 0.338 e. The molecule has 2 atom stereocenters. The van der Waals surface area contributed by atoms with Crippen LogP contribution in [0, 0.1) is 5.92 Å². The number of fused-ring (bicyclic) bond motifs is 1. The molecule has 2 aliphatic carbocycles. The van der Waals surface area contributed by atoms with Crippen LogP contribution in [0.5, 0.6) is 0 Å². The molecule has 1 heterocycles. The summed E-state index contributed by atoms with van der Waals surface area (Å²) >= 11 is 0. The van der Waals surface area contributed by atoms with Crippen molar-refractivity contribution in [1.29, 1.82) is 0 Å². The lowest BCUT2D eigenvalue weighted by atomic mass is 9.85. The van der Waals surface area contributed by atoms with Gasteiger partial charge in [-0.25, -0.2) is 0 Å². The van der Waals surface area contributed by atoms with Crippen LogP contribution in [-0.2, 0) is 4.79 Å². The summed E-state index contributed by atoms with van der Waals surface area (Å²) in [7, 11) is 0. The third kappa shape index (κ3) is 2.10. The number of rotatable bonds is 3. The van der Waals surface area contributed by atoms with Crippen molar-refractivity contribution in [3.63, 3.8) is 0 Å². The molecule has 90 valence electrons. The summed E-state index contributed by atoms with van der Waals surface area (Å²) in [5.74, 6) is 1.17. The number of carbonyl (C=O) groups is 1. The standard InChI is InChI=1S/C13H22N2O/c16-13(9-14-11-5-6-11)15-8-7-10-3-1-2-4-12(10)15/h10-12,14H,1-9H2. The summed E-state index contributed by atoms with van der Waals surface area (Å²) in [5, 5.41) is 3.34. The number of likely N-dealkylation sites (tertiary alicyclic amines) is 1. The SMILES string of the molecule is O=C(CNC1CC1)N1CCC2CCCCC21. The number of nitrogens with zero attached hydrogens (tertiary/aromatic N) is 1. The summed E-state index contributed by atoms with van der Waals surface area (Å²) in [6, 6.07) is 1.23. The molecule has 3 aliphatic rings. The molecule has 0 radical (unpaired) electrons. The molecular weight excluding hydrogens is 200 g/mol. The normalized spacial score (nSPS) is 33.9. The van der Waals surface area contributed by atoms with Crippen LogP contribution >= 0.6 is 0 Å². The van der Waals surface area contributed by atoms with Crippen molar-refractivity contribution >= 4 is 5.91 Å². The van der Waals surface area contributed by atoms with Gasteiger partial charge in [0.05, 0.1) is 6.54 Å². The zero-order chi connectivity index (χ0) is 11.0. The highest BCUT2D eigenvalue weighted by Crippen LogP contribution is 2.36. The predicted octanol–water partition coefficient (Wildman–Crippen LogP) is 1.53. The van der Waals surface area contributed by atoms with Crippen LogP contribution in [-0.4, -0.2) is 36.0 Å². The topological polar surface area (TPSA) is 32.3 Å². The van der Waals surface area contributed by atoms with E-state index in [9.17, 15) is 4.79 Å². The van der Waals surface area contributed by atoms with E-state index in [0.29, 0.717) is 24.5 Å². The van der Waals surface area contributed by atoms with Crippen molar-refractivity contribution < 1.29 is 4.79 Å². The summed E-state index contributed by atoms with van der Waals surface area (Å²) < 4.78 is 0. The quantitative estimate of drug-likeness (QED) is 0.785. The van der Waals surface area contributed by atoms with E-state index in [1.165, 1.54) is 44.9 Å². The fourth-order valence-corrected chi connectivity index (χ4v) is 3.34. The van der Waals surface area contributed by atoms with Gasteiger partial charge in [-0.2, -0.15) is 0 Å². The minimum Gasteiger partial charge on any atom is -0.338 e. The highest BCUT2D eigenvalue weighted by molar-refractivity contribution is 5.79. The Hall–Kier alpha value is -0.570. The predicted molar refractivity (Wildman–Crippen MR) is 63.1 cm³/mol. The number of amides is 1. The Morgan fingerprint density at radius 2 is 1.94 bits per heavy atom. The smallest absolute Gasteiger partial charge is 0.236 e. The van der Waals surface area contributed by atoms with Crippen LogP contribution in [0.2, 0.25) is 0 Å². The molecule has 0 aromatic heterocycles. The third-order valence-electron chi connectivity index (χ3n) is 4.45. The van der Waals surface area contributed by atoms with E-state index >= 15 is 0 Å². The van der Waals surface area contributed by atoms with Gasteiger partial charge in [0.15, 0.2) is 0 Å². The molecule has 1 N–H and O–H groups in total. The summed E-state index contributed by atoms with van der Waals surface area (Å²) in [4.78, 5) is 14.3.